The smallest absolute Gasteiger partial charge is 0.257 e. The first-order valence-corrected chi connectivity index (χ1v) is 6.42. The lowest BCUT2D eigenvalue weighted by Crippen LogP contribution is -2.13. The van der Waals surface area contributed by atoms with Gasteiger partial charge in [-0.15, -0.1) is 0 Å². The van der Waals surface area contributed by atoms with Gasteiger partial charge in [0.15, 0.2) is 0 Å². The van der Waals surface area contributed by atoms with Crippen LogP contribution in [-0.2, 0) is 0 Å². The minimum atomic E-state index is -0.264. The molecule has 0 atom stereocenters. The number of nitrogens with zero attached hydrogens (tertiary/aromatic N) is 1. The van der Waals surface area contributed by atoms with Gasteiger partial charge >= 0.3 is 0 Å². The van der Waals surface area contributed by atoms with Crippen molar-refractivity contribution in [2.24, 2.45) is 0 Å². The Morgan fingerprint density at radius 1 is 1.21 bits per heavy atom. The van der Waals surface area contributed by atoms with Crippen LogP contribution in [0.2, 0.25) is 10.2 Å². The van der Waals surface area contributed by atoms with E-state index in [0.29, 0.717) is 5.56 Å². The van der Waals surface area contributed by atoms with Gasteiger partial charge in [0.05, 0.1) is 10.6 Å². The van der Waals surface area contributed by atoms with Gasteiger partial charge in [0.1, 0.15) is 5.15 Å². The molecule has 0 saturated carbocycles. The van der Waals surface area contributed by atoms with E-state index < -0.39 is 0 Å². The second-order valence-corrected chi connectivity index (χ2v) is 5.03. The topological polar surface area (TPSA) is 42.0 Å². The summed E-state index contributed by atoms with van der Waals surface area (Å²) >= 11 is 11.6. The second-order valence-electron chi connectivity index (χ2n) is 4.27. The molecule has 0 fully saturated rings. The van der Waals surface area contributed by atoms with E-state index in [4.69, 9.17) is 23.2 Å². The zero-order chi connectivity index (χ0) is 14.0. The maximum absolute atomic E-state index is 12.1. The second kappa shape index (κ2) is 5.59. The number of carbonyl (C=O) groups is 1. The minimum absolute atomic E-state index is 0.185. The third-order valence-electron chi connectivity index (χ3n) is 2.70. The molecule has 0 aliphatic heterocycles. The van der Waals surface area contributed by atoms with Crippen molar-refractivity contribution in [2.45, 2.75) is 13.8 Å². The lowest BCUT2D eigenvalue weighted by Gasteiger charge is -2.09. The number of anilines is 1. The lowest BCUT2D eigenvalue weighted by atomic mass is 10.1. The molecule has 0 bridgehead atoms. The van der Waals surface area contributed by atoms with Crippen LogP contribution in [0.4, 0.5) is 5.69 Å². The molecule has 1 amide bonds. The summed E-state index contributed by atoms with van der Waals surface area (Å²) in [7, 11) is 0. The summed E-state index contributed by atoms with van der Waals surface area (Å²) in [5.74, 6) is -0.264. The summed E-state index contributed by atoms with van der Waals surface area (Å²) in [5, 5.41) is 3.28. The van der Waals surface area contributed by atoms with E-state index in [2.05, 4.69) is 10.3 Å². The van der Waals surface area contributed by atoms with Crippen molar-refractivity contribution < 1.29 is 4.79 Å². The van der Waals surface area contributed by atoms with Crippen LogP contribution in [0.15, 0.2) is 30.5 Å². The zero-order valence-corrected chi connectivity index (χ0v) is 12.0. The molecule has 0 saturated heterocycles. The Labute approximate surface area is 121 Å². The standard InChI is InChI=1S/C14H12Cl2N2O/c1-8-3-4-9(2)12(5-8)18-14(19)10-6-11(15)13(16)17-7-10/h3-7H,1-2H3,(H,18,19). The molecule has 5 heteroatoms. The summed E-state index contributed by atoms with van der Waals surface area (Å²) in [4.78, 5) is 15.9. The summed E-state index contributed by atoms with van der Waals surface area (Å²) in [5.41, 5.74) is 3.21. The average Bonchev–Trinajstić information content (AvgIpc) is 2.37. The van der Waals surface area contributed by atoms with Crippen molar-refractivity contribution >= 4 is 34.8 Å². The van der Waals surface area contributed by atoms with Gasteiger partial charge in [-0.25, -0.2) is 4.98 Å². The molecule has 98 valence electrons. The molecule has 1 aromatic heterocycles. The van der Waals surface area contributed by atoms with E-state index in [9.17, 15) is 4.79 Å². The Morgan fingerprint density at radius 3 is 2.63 bits per heavy atom. The van der Waals surface area contributed by atoms with Gasteiger partial charge in [0, 0.05) is 11.9 Å². The Bertz CT molecular complexity index is 641. The highest BCUT2D eigenvalue weighted by molar-refractivity contribution is 6.41. The summed E-state index contributed by atoms with van der Waals surface area (Å²) in [6, 6.07) is 7.36. The Morgan fingerprint density at radius 2 is 1.95 bits per heavy atom. The minimum Gasteiger partial charge on any atom is -0.322 e. The first-order chi connectivity index (χ1) is 8.97. The quantitative estimate of drug-likeness (QED) is 0.841. The Kier molecular flexibility index (Phi) is 4.08. The number of hydrogen-bond donors (Lipinski definition) is 1. The van der Waals surface area contributed by atoms with Gasteiger partial charge in [-0.2, -0.15) is 0 Å². The number of aromatic nitrogens is 1. The van der Waals surface area contributed by atoms with Crippen LogP contribution in [0.3, 0.4) is 0 Å². The Hall–Kier alpha value is -1.58. The van der Waals surface area contributed by atoms with Crippen molar-refractivity contribution in [3.63, 3.8) is 0 Å². The van der Waals surface area contributed by atoms with Gasteiger partial charge in [-0.05, 0) is 37.1 Å². The number of pyridine rings is 1. The van der Waals surface area contributed by atoms with Crippen molar-refractivity contribution in [3.8, 4) is 0 Å². The molecule has 1 heterocycles. The Balaban J connectivity index is 2.25. The maximum Gasteiger partial charge on any atom is 0.257 e. The molecule has 1 N–H and O–H groups in total. The predicted octanol–water partition coefficient (Wildman–Crippen LogP) is 4.26. The van der Waals surface area contributed by atoms with E-state index in [0.717, 1.165) is 16.8 Å². The molecule has 3 nitrogen and oxygen atoms in total. The normalized spacial score (nSPS) is 10.3. The number of rotatable bonds is 2. The monoisotopic (exact) mass is 294 g/mol. The SMILES string of the molecule is Cc1ccc(C)c(NC(=O)c2cnc(Cl)c(Cl)c2)c1. The van der Waals surface area contributed by atoms with Gasteiger partial charge in [-0.1, -0.05) is 35.3 Å². The van der Waals surface area contributed by atoms with Crippen molar-refractivity contribution in [1.82, 2.24) is 4.98 Å². The average molecular weight is 295 g/mol. The molecule has 0 unspecified atom stereocenters. The lowest BCUT2D eigenvalue weighted by molar-refractivity contribution is 0.102. The number of benzene rings is 1. The molecule has 19 heavy (non-hydrogen) atoms. The third-order valence-corrected chi connectivity index (χ3v) is 3.39. The van der Waals surface area contributed by atoms with Gasteiger partial charge in [0.25, 0.3) is 5.91 Å². The van der Waals surface area contributed by atoms with Crippen molar-refractivity contribution in [2.75, 3.05) is 5.32 Å². The van der Waals surface area contributed by atoms with Crippen LogP contribution in [0.1, 0.15) is 21.5 Å². The number of carbonyl (C=O) groups excluding carboxylic acids is 1. The fourth-order valence-corrected chi connectivity index (χ4v) is 1.88. The number of halogens is 2. The van der Waals surface area contributed by atoms with Crippen molar-refractivity contribution in [3.05, 3.63) is 57.3 Å². The fraction of sp³-hybridized carbons (Fsp3) is 0.143. The molecule has 0 spiro atoms. The number of hydrogen-bond acceptors (Lipinski definition) is 2. The highest BCUT2D eigenvalue weighted by atomic mass is 35.5. The van der Waals surface area contributed by atoms with Gasteiger partial charge < -0.3 is 5.32 Å². The highest BCUT2D eigenvalue weighted by Crippen LogP contribution is 2.21. The molecule has 0 aliphatic carbocycles. The first-order valence-electron chi connectivity index (χ1n) is 5.67. The van der Waals surface area contributed by atoms with E-state index in [1.165, 1.54) is 12.3 Å². The number of aryl methyl sites for hydroxylation is 2. The van der Waals surface area contributed by atoms with E-state index in [1.807, 2.05) is 32.0 Å². The third kappa shape index (κ3) is 3.25. The van der Waals surface area contributed by atoms with Crippen LogP contribution in [-0.4, -0.2) is 10.9 Å². The van der Waals surface area contributed by atoms with Crippen molar-refractivity contribution in [1.29, 1.82) is 0 Å². The largest absolute Gasteiger partial charge is 0.322 e. The molecule has 1 aromatic carbocycles. The fourth-order valence-electron chi connectivity index (χ4n) is 1.61. The molecular weight excluding hydrogens is 283 g/mol. The molecule has 0 aliphatic rings. The molecule has 0 radical (unpaired) electrons. The number of nitrogens with one attached hydrogen (secondary N) is 1. The number of amides is 1. The van der Waals surface area contributed by atoms with Gasteiger partial charge in [-0.3, -0.25) is 4.79 Å². The van der Waals surface area contributed by atoms with Crippen LogP contribution in [0, 0.1) is 13.8 Å². The van der Waals surface area contributed by atoms with Crippen LogP contribution < -0.4 is 5.32 Å². The first kappa shape index (κ1) is 13.8. The van der Waals surface area contributed by atoms with E-state index in [-0.39, 0.29) is 16.1 Å². The highest BCUT2D eigenvalue weighted by Gasteiger charge is 2.10. The molecule has 2 rings (SSSR count). The van der Waals surface area contributed by atoms with Crippen LogP contribution >= 0.6 is 23.2 Å². The van der Waals surface area contributed by atoms with E-state index >= 15 is 0 Å². The summed E-state index contributed by atoms with van der Waals surface area (Å²) in [6.45, 7) is 3.90. The summed E-state index contributed by atoms with van der Waals surface area (Å²) in [6.07, 6.45) is 1.40. The van der Waals surface area contributed by atoms with E-state index in [1.54, 1.807) is 0 Å². The molecule has 2 aromatic rings. The molecular formula is C14H12Cl2N2O. The van der Waals surface area contributed by atoms with Crippen LogP contribution in [0.25, 0.3) is 0 Å². The maximum atomic E-state index is 12.1. The van der Waals surface area contributed by atoms with Crippen LogP contribution in [0.5, 0.6) is 0 Å². The predicted molar refractivity (Wildman–Crippen MR) is 78.1 cm³/mol. The zero-order valence-electron chi connectivity index (χ0n) is 10.5. The summed E-state index contributed by atoms with van der Waals surface area (Å²) < 4.78 is 0. The van der Waals surface area contributed by atoms with Gasteiger partial charge in [0.2, 0.25) is 0 Å².